The van der Waals surface area contributed by atoms with Gasteiger partial charge in [0, 0.05) is 59.6 Å². The fourth-order valence-electron chi connectivity index (χ4n) is 10.6. The van der Waals surface area contributed by atoms with Crippen LogP contribution < -0.4 is 24.8 Å². The quantitative estimate of drug-likeness (QED) is 0.100. The number of amides is 6. The van der Waals surface area contributed by atoms with Crippen molar-refractivity contribution in [2.45, 2.75) is 102 Å². The number of ketones is 1. The number of phenols is 1. The number of likely N-dealkylation sites (N-methyl/N-ethyl adjacent to an activating group) is 3. The van der Waals surface area contributed by atoms with Crippen LogP contribution in [0.25, 0.3) is 0 Å². The number of aromatic hydroxyl groups is 1. The van der Waals surface area contributed by atoms with E-state index in [1.165, 1.54) is 88.2 Å². The summed E-state index contributed by atoms with van der Waals surface area (Å²) < 4.78 is 43.8. The third kappa shape index (κ3) is 18.7. The molecule has 0 radical (unpaired) electrons. The van der Waals surface area contributed by atoms with Gasteiger partial charge < -0.3 is 59.0 Å². The molecule has 7 rings (SSSR count). The lowest BCUT2D eigenvalue weighted by atomic mass is 9.87. The number of nitrogens with zero attached hydrogens (tertiary/aromatic N) is 4. The molecule has 6 amide bonds. The van der Waals surface area contributed by atoms with E-state index >= 15 is 4.39 Å². The summed E-state index contributed by atoms with van der Waals surface area (Å²) in [5.41, 5.74) is 1.25. The first-order valence-corrected chi connectivity index (χ1v) is 29.8. The van der Waals surface area contributed by atoms with E-state index in [1.54, 1.807) is 97.1 Å². The zero-order valence-electron chi connectivity index (χ0n) is 51.8. The average molecular weight is 1240 g/mol. The largest absolute Gasteiger partial charge is 0.508 e. The van der Waals surface area contributed by atoms with Gasteiger partial charge in [0.05, 0.1) is 26.2 Å². The van der Waals surface area contributed by atoms with Crippen molar-refractivity contribution in [3.8, 4) is 23.0 Å². The number of aryl methyl sites for hydroxylation is 1. The topological polar surface area (TPSA) is 257 Å². The molecule has 5 aromatic carbocycles. The Morgan fingerprint density at radius 3 is 1.99 bits per heavy atom. The number of ether oxygens (including phenoxy) is 5. The number of phenolic OH excluding ortho intramolecular Hbond substituents is 1. The number of fused-ring (bicyclic) bond motifs is 3. The second-order valence-corrected chi connectivity index (χ2v) is 23.1. The summed E-state index contributed by atoms with van der Waals surface area (Å²) in [5, 5.41) is 15.8. The fourth-order valence-corrected chi connectivity index (χ4v) is 10.6. The number of rotatable bonds is 11. The third-order valence-electron chi connectivity index (χ3n) is 15.8. The molecule has 3 N–H and O–H groups in total. The van der Waals surface area contributed by atoms with Crippen molar-refractivity contribution < 1.29 is 76.3 Å². The molecule has 0 aromatic heterocycles. The number of esters is 2. The standard InChI is InChI=1S/C68H79FN6O15/c1-68(2)43-89-60(79)26-15-16-33-72(3)64(82)52(36-44-19-10-8-11-20-44)70-58(77)41-73(4)65(83)53(37-45-21-12-9-13-22-45)71-63(81)55(38-46-27-30-49(76)31-28-46)74(5)59(78)42-88-50-24-18-23-48(40-50)56(32-29-47-35-51(69)61(87-7)57(39-47)86-6)90-67(85)54-25-14-17-34-75(54)66(84)62(68)80/h8-13,15,18-24,26-28,30-31,35,39-40,52-56,76H,14,16-17,25,29,32-34,36-38,41-43H2,1-7H3,(H,70,77)(H,71,81)/b26-15+/t52-,53-,54+,55+,56-/m1/s1. The molecular formula is C68H79FN6O15. The highest BCUT2D eigenvalue weighted by molar-refractivity contribution is 6.38. The van der Waals surface area contributed by atoms with Crippen LogP contribution in [0.5, 0.6) is 23.0 Å². The Labute approximate surface area is 523 Å². The van der Waals surface area contributed by atoms with Gasteiger partial charge in [-0.05, 0) is 117 Å². The van der Waals surface area contributed by atoms with E-state index in [1.807, 2.05) is 6.07 Å². The monoisotopic (exact) mass is 1240 g/mol. The average Bonchev–Trinajstić information content (AvgIpc) is 2.08. The van der Waals surface area contributed by atoms with E-state index < -0.39 is 114 Å². The summed E-state index contributed by atoms with van der Waals surface area (Å²) in [6.45, 7) is 1.38. The van der Waals surface area contributed by atoms with E-state index in [0.717, 1.165) is 16.5 Å². The van der Waals surface area contributed by atoms with Gasteiger partial charge in [0.1, 0.15) is 48.4 Å². The van der Waals surface area contributed by atoms with Crippen LogP contribution in [-0.4, -0.2) is 170 Å². The van der Waals surface area contributed by atoms with Gasteiger partial charge in [-0.3, -0.25) is 33.6 Å². The molecular weight excluding hydrogens is 1160 g/mol. The summed E-state index contributed by atoms with van der Waals surface area (Å²) in [6.07, 6.45) is 2.98. The molecule has 22 heteroatoms. The number of benzene rings is 5. The number of hydrogen-bond acceptors (Lipinski definition) is 15. The van der Waals surface area contributed by atoms with Crippen LogP contribution in [0.4, 0.5) is 4.39 Å². The van der Waals surface area contributed by atoms with E-state index in [9.17, 15) is 48.3 Å². The molecule has 1 fully saturated rings. The van der Waals surface area contributed by atoms with Crippen molar-refractivity contribution in [1.82, 2.24) is 30.2 Å². The first-order chi connectivity index (χ1) is 43.0. The normalized spacial score (nSPS) is 21.4. The molecule has 0 unspecified atom stereocenters. The molecule has 0 saturated carbocycles. The zero-order valence-corrected chi connectivity index (χ0v) is 51.8. The molecule has 0 aliphatic carbocycles. The Hall–Kier alpha value is -9.60. The highest BCUT2D eigenvalue weighted by atomic mass is 19.1. The van der Waals surface area contributed by atoms with Gasteiger partial charge >= 0.3 is 11.9 Å². The van der Waals surface area contributed by atoms with Gasteiger partial charge in [-0.15, -0.1) is 0 Å². The number of carbonyl (C=O) groups is 9. The number of methoxy groups -OCH3 is 2. The molecule has 21 nitrogen and oxygen atoms in total. The van der Waals surface area contributed by atoms with Crippen LogP contribution in [0.1, 0.15) is 79.9 Å². The molecule has 478 valence electrons. The maximum atomic E-state index is 15.3. The summed E-state index contributed by atoms with van der Waals surface area (Å²) in [5.74, 6) is -7.32. The second-order valence-electron chi connectivity index (χ2n) is 23.1. The first-order valence-electron chi connectivity index (χ1n) is 29.8. The molecule has 2 bridgehead atoms. The summed E-state index contributed by atoms with van der Waals surface area (Å²) in [4.78, 5) is 133. The van der Waals surface area contributed by atoms with Gasteiger partial charge in [-0.1, -0.05) is 91.0 Å². The third-order valence-corrected chi connectivity index (χ3v) is 15.8. The molecule has 90 heavy (non-hydrogen) atoms. The van der Waals surface area contributed by atoms with Gasteiger partial charge in [0.2, 0.25) is 29.4 Å². The Bertz CT molecular complexity index is 3380. The second kappa shape index (κ2) is 32.0. The predicted octanol–water partition coefficient (Wildman–Crippen LogP) is 6.07. The summed E-state index contributed by atoms with van der Waals surface area (Å²) >= 11 is 0. The highest BCUT2D eigenvalue weighted by Gasteiger charge is 2.43. The van der Waals surface area contributed by atoms with Gasteiger partial charge in [-0.2, -0.15) is 0 Å². The van der Waals surface area contributed by atoms with Crippen LogP contribution >= 0.6 is 0 Å². The number of hydrogen-bond donors (Lipinski definition) is 3. The van der Waals surface area contributed by atoms with Gasteiger partial charge in [0.25, 0.3) is 11.8 Å². The van der Waals surface area contributed by atoms with Crippen molar-refractivity contribution in [1.29, 1.82) is 0 Å². The molecule has 2 aliphatic rings. The minimum absolute atomic E-state index is 0.0251. The Morgan fingerprint density at radius 1 is 0.689 bits per heavy atom. The van der Waals surface area contributed by atoms with Crippen LogP contribution in [0.15, 0.2) is 133 Å². The number of piperidine rings is 1. The van der Waals surface area contributed by atoms with Gasteiger partial charge in [0.15, 0.2) is 23.9 Å². The van der Waals surface area contributed by atoms with Crippen LogP contribution in [0.3, 0.4) is 0 Å². The molecule has 5 atom stereocenters. The number of halogens is 1. The Morgan fingerprint density at radius 2 is 1.33 bits per heavy atom. The minimum Gasteiger partial charge on any atom is -0.508 e. The predicted molar refractivity (Wildman–Crippen MR) is 329 cm³/mol. The SMILES string of the molecule is COc1cc(CC[C@H]2OC(=O)[C@@H]3CCCCN3C(=O)C(=O)C(C)(C)COC(=O)/C=C/CCN(C)C(=O)[C@@H](Cc3ccccc3)NC(=O)CN(C)C(=O)[C@@H](Cc3ccccc3)NC(=O)[C@H](Cc3ccc(O)cc3)N(C)C(=O)COc3cccc2c3)cc(F)c1OC. The number of Topliss-reactive ketones (excluding diaryl/α,β-unsaturated/α-hetero) is 1. The number of nitrogens with one attached hydrogen (secondary N) is 2. The van der Waals surface area contributed by atoms with Crippen molar-refractivity contribution in [3.63, 3.8) is 0 Å². The fraction of sp³-hybridized carbons (Fsp3) is 0.397. The summed E-state index contributed by atoms with van der Waals surface area (Å²) in [6, 6.07) is 28.3. The van der Waals surface area contributed by atoms with Crippen LogP contribution in [0, 0.1) is 11.2 Å². The minimum atomic E-state index is -1.55. The Balaban J connectivity index is 1.22. The van der Waals surface area contributed by atoms with E-state index in [-0.39, 0.29) is 81.0 Å². The smallest absolute Gasteiger partial charge is 0.330 e. The maximum Gasteiger partial charge on any atom is 0.330 e. The lowest BCUT2D eigenvalue weighted by molar-refractivity contribution is -0.165. The first kappa shape index (κ1) is 67.9. The van der Waals surface area contributed by atoms with E-state index in [0.29, 0.717) is 35.1 Å². The molecule has 2 heterocycles. The molecule has 2 aliphatic heterocycles. The van der Waals surface area contributed by atoms with Crippen molar-refractivity contribution in [2.75, 3.05) is 68.2 Å². The molecule has 1 saturated heterocycles. The van der Waals surface area contributed by atoms with E-state index in [4.69, 9.17) is 23.7 Å². The molecule has 0 spiro atoms. The van der Waals surface area contributed by atoms with Crippen molar-refractivity contribution in [3.05, 3.63) is 167 Å². The highest BCUT2D eigenvalue weighted by Crippen LogP contribution is 2.35. The maximum absolute atomic E-state index is 15.3. The van der Waals surface area contributed by atoms with Gasteiger partial charge in [-0.25, -0.2) is 14.0 Å². The van der Waals surface area contributed by atoms with Crippen molar-refractivity contribution >= 4 is 53.2 Å². The van der Waals surface area contributed by atoms with E-state index in [2.05, 4.69) is 10.6 Å². The lowest BCUT2D eigenvalue weighted by Crippen LogP contribution is -2.57. The number of carbonyl (C=O) groups excluding carboxylic acids is 9. The zero-order chi connectivity index (χ0) is 65.1. The van der Waals surface area contributed by atoms with Crippen LogP contribution in [-0.2, 0) is 78.3 Å². The Kier molecular flexibility index (Phi) is 24.2. The molecule has 5 aromatic rings. The van der Waals surface area contributed by atoms with Crippen LogP contribution in [0.2, 0.25) is 0 Å². The van der Waals surface area contributed by atoms with Crippen molar-refractivity contribution in [2.24, 2.45) is 5.41 Å². The lowest BCUT2D eigenvalue weighted by Gasteiger charge is -2.36. The number of cyclic esters (lactones) is 2. The summed E-state index contributed by atoms with van der Waals surface area (Å²) in [7, 11) is 7.00.